The van der Waals surface area contributed by atoms with E-state index in [1.165, 1.54) is 24.4 Å². The number of hydrogen-bond acceptors (Lipinski definition) is 4. The maximum atomic E-state index is 13.3. The first-order valence-corrected chi connectivity index (χ1v) is 11.6. The summed E-state index contributed by atoms with van der Waals surface area (Å²) in [7, 11) is 0. The molecule has 0 radical (unpaired) electrons. The summed E-state index contributed by atoms with van der Waals surface area (Å²) in [6.45, 7) is 0. The summed E-state index contributed by atoms with van der Waals surface area (Å²) in [4.78, 5) is 25.1. The number of nitrogens with zero attached hydrogens (tertiary/aromatic N) is 1. The Kier molecular flexibility index (Phi) is 6.41. The standard InChI is InChI=1S/C30H23FN2O3/c31-25-13-7-8-22(18-25)29(35)36-26-16-14-21(15-17-26)20-32-33-28(34)27-19-30(27,23-9-3-1-4-10-23)24-11-5-2-6-12-24/h1-18,20,27H,19H2,(H,33,34)/b32-20+. The van der Waals surface area contributed by atoms with Gasteiger partial charge in [0.1, 0.15) is 11.6 Å². The van der Waals surface area contributed by atoms with Gasteiger partial charge in [0.05, 0.1) is 17.7 Å². The molecule has 5 rings (SSSR count). The molecule has 6 heteroatoms. The summed E-state index contributed by atoms with van der Waals surface area (Å²) in [6, 6.07) is 32.1. The third-order valence-electron chi connectivity index (χ3n) is 6.39. The SMILES string of the molecule is O=C(Oc1ccc(/C=N/NC(=O)C2CC2(c2ccccc2)c2ccccc2)cc1)c1cccc(F)c1. The van der Waals surface area contributed by atoms with Gasteiger partial charge < -0.3 is 4.74 Å². The van der Waals surface area contributed by atoms with Crippen LogP contribution in [0, 0.1) is 11.7 Å². The highest BCUT2D eigenvalue weighted by Crippen LogP contribution is 2.58. The summed E-state index contributed by atoms with van der Waals surface area (Å²) in [6.07, 6.45) is 2.25. The van der Waals surface area contributed by atoms with Crippen molar-refractivity contribution >= 4 is 18.1 Å². The van der Waals surface area contributed by atoms with Gasteiger partial charge in [-0.1, -0.05) is 66.7 Å². The molecule has 0 saturated heterocycles. The molecule has 178 valence electrons. The summed E-state index contributed by atoms with van der Waals surface area (Å²) in [5.74, 6) is -1.19. The van der Waals surface area contributed by atoms with Gasteiger partial charge in [0.15, 0.2) is 0 Å². The predicted molar refractivity (Wildman–Crippen MR) is 135 cm³/mol. The van der Waals surface area contributed by atoms with Crippen LogP contribution >= 0.6 is 0 Å². The molecule has 0 spiro atoms. The van der Waals surface area contributed by atoms with Crippen LogP contribution in [-0.4, -0.2) is 18.1 Å². The number of nitrogens with one attached hydrogen (secondary N) is 1. The van der Waals surface area contributed by atoms with Crippen molar-refractivity contribution in [3.05, 3.63) is 137 Å². The molecule has 1 saturated carbocycles. The van der Waals surface area contributed by atoms with Gasteiger partial charge >= 0.3 is 5.97 Å². The maximum Gasteiger partial charge on any atom is 0.343 e. The van der Waals surface area contributed by atoms with Crippen molar-refractivity contribution in [2.24, 2.45) is 11.0 Å². The van der Waals surface area contributed by atoms with Crippen molar-refractivity contribution in [3.8, 4) is 5.75 Å². The molecule has 0 heterocycles. The largest absolute Gasteiger partial charge is 0.423 e. The van der Waals surface area contributed by atoms with Crippen LogP contribution in [-0.2, 0) is 10.2 Å². The summed E-state index contributed by atoms with van der Waals surface area (Å²) >= 11 is 0. The molecule has 1 fully saturated rings. The molecule has 1 atom stereocenters. The van der Waals surface area contributed by atoms with Gasteiger partial charge in [0, 0.05) is 5.41 Å². The van der Waals surface area contributed by atoms with E-state index in [9.17, 15) is 14.0 Å². The Balaban J connectivity index is 1.22. The number of esters is 1. The maximum absolute atomic E-state index is 13.3. The molecule has 1 aliphatic carbocycles. The average molecular weight is 479 g/mol. The first kappa shape index (κ1) is 23.2. The van der Waals surface area contributed by atoms with Gasteiger partial charge in [0.2, 0.25) is 5.91 Å². The topological polar surface area (TPSA) is 67.8 Å². The van der Waals surface area contributed by atoms with Crippen LogP contribution in [0.4, 0.5) is 4.39 Å². The van der Waals surface area contributed by atoms with Crippen LogP contribution in [0.1, 0.15) is 33.5 Å². The second-order valence-electron chi connectivity index (χ2n) is 8.66. The third-order valence-corrected chi connectivity index (χ3v) is 6.39. The van der Waals surface area contributed by atoms with E-state index in [0.29, 0.717) is 17.7 Å². The van der Waals surface area contributed by atoms with Crippen molar-refractivity contribution in [2.75, 3.05) is 0 Å². The lowest BCUT2D eigenvalue weighted by molar-refractivity contribution is -0.122. The predicted octanol–water partition coefficient (Wildman–Crippen LogP) is 5.50. The number of hydrazone groups is 1. The number of amides is 1. The van der Waals surface area contributed by atoms with Crippen molar-refractivity contribution < 1.29 is 18.7 Å². The van der Waals surface area contributed by atoms with Gasteiger partial charge in [-0.3, -0.25) is 4.79 Å². The minimum Gasteiger partial charge on any atom is -0.423 e. The number of halogens is 1. The fourth-order valence-corrected chi connectivity index (χ4v) is 4.51. The van der Waals surface area contributed by atoms with Gasteiger partial charge in [0.25, 0.3) is 0 Å². The highest BCUT2D eigenvalue weighted by atomic mass is 19.1. The van der Waals surface area contributed by atoms with Gasteiger partial charge in [-0.2, -0.15) is 5.10 Å². The molecule has 1 amide bonds. The van der Waals surface area contributed by atoms with Crippen LogP contribution in [0.3, 0.4) is 0 Å². The third kappa shape index (κ3) is 4.79. The fourth-order valence-electron chi connectivity index (χ4n) is 4.51. The highest BCUT2D eigenvalue weighted by molar-refractivity contribution is 5.91. The van der Waals surface area contributed by atoms with Crippen molar-refractivity contribution in [3.63, 3.8) is 0 Å². The Labute approximate surface area is 208 Å². The summed E-state index contributed by atoms with van der Waals surface area (Å²) < 4.78 is 18.6. The summed E-state index contributed by atoms with van der Waals surface area (Å²) in [5.41, 5.74) is 5.39. The lowest BCUT2D eigenvalue weighted by Gasteiger charge is -2.18. The van der Waals surface area contributed by atoms with Crippen molar-refractivity contribution in [1.29, 1.82) is 0 Å². The minimum absolute atomic E-state index is 0.130. The second-order valence-corrected chi connectivity index (χ2v) is 8.66. The minimum atomic E-state index is -0.645. The molecule has 0 bridgehead atoms. The number of carbonyl (C=O) groups excluding carboxylic acids is 2. The van der Waals surface area contributed by atoms with E-state index in [0.717, 1.165) is 17.2 Å². The zero-order valence-electron chi connectivity index (χ0n) is 19.3. The van der Waals surface area contributed by atoms with E-state index in [1.807, 2.05) is 36.4 Å². The normalized spacial score (nSPS) is 15.9. The molecular weight excluding hydrogens is 455 g/mol. The fraction of sp³-hybridized carbons (Fsp3) is 0.100. The first-order valence-electron chi connectivity index (χ1n) is 11.6. The molecule has 1 aliphatic rings. The molecule has 0 aliphatic heterocycles. The number of hydrogen-bond donors (Lipinski definition) is 1. The Bertz CT molecular complexity index is 1360. The van der Waals surface area contributed by atoms with Crippen LogP contribution in [0.25, 0.3) is 0 Å². The van der Waals surface area contributed by atoms with Gasteiger partial charge in [-0.05, 0) is 65.6 Å². The summed E-state index contributed by atoms with van der Waals surface area (Å²) in [5, 5.41) is 4.13. The lowest BCUT2D eigenvalue weighted by Crippen LogP contribution is -2.25. The molecule has 0 aromatic heterocycles. The van der Waals surface area contributed by atoms with Crippen LogP contribution in [0.15, 0.2) is 114 Å². The molecule has 5 nitrogen and oxygen atoms in total. The van der Waals surface area contributed by atoms with E-state index in [4.69, 9.17) is 4.74 Å². The molecule has 36 heavy (non-hydrogen) atoms. The average Bonchev–Trinajstić information content (AvgIpc) is 3.68. The zero-order chi connectivity index (χ0) is 25.0. The van der Waals surface area contributed by atoms with E-state index < -0.39 is 11.8 Å². The molecular formula is C30H23FN2O3. The lowest BCUT2D eigenvalue weighted by atomic mass is 9.85. The molecule has 4 aromatic carbocycles. The van der Waals surface area contributed by atoms with Crippen molar-refractivity contribution in [2.45, 2.75) is 11.8 Å². The zero-order valence-corrected chi connectivity index (χ0v) is 19.3. The van der Waals surface area contributed by atoms with Crippen LogP contribution in [0.2, 0.25) is 0 Å². The van der Waals surface area contributed by atoms with E-state index in [-0.39, 0.29) is 22.8 Å². The number of benzene rings is 4. The van der Waals surface area contributed by atoms with Crippen LogP contribution < -0.4 is 10.2 Å². The Morgan fingerprint density at radius 3 is 2.11 bits per heavy atom. The first-order chi connectivity index (χ1) is 17.6. The quantitative estimate of drug-likeness (QED) is 0.165. The van der Waals surface area contributed by atoms with E-state index in [2.05, 4.69) is 34.8 Å². The smallest absolute Gasteiger partial charge is 0.343 e. The highest BCUT2D eigenvalue weighted by Gasteiger charge is 2.60. The van der Waals surface area contributed by atoms with E-state index in [1.54, 1.807) is 24.3 Å². The second kappa shape index (κ2) is 9.96. The Morgan fingerprint density at radius 2 is 1.50 bits per heavy atom. The number of carbonyl (C=O) groups is 2. The Morgan fingerprint density at radius 1 is 0.861 bits per heavy atom. The molecule has 1 unspecified atom stereocenters. The van der Waals surface area contributed by atoms with E-state index >= 15 is 0 Å². The van der Waals surface area contributed by atoms with Crippen LogP contribution in [0.5, 0.6) is 5.75 Å². The number of ether oxygens (including phenoxy) is 1. The molecule has 4 aromatic rings. The number of rotatable bonds is 7. The monoisotopic (exact) mass is 478 g/mol. The Hall–Kier alpha value is -4.58. The molecule has 1 N–H and O–H groups in total. The van der Waals surface area contributed by atoms with Crippen molar-refractivity contribution in [1.82, 2.24) is 5.43 Å². The van der Waals surface area contributed by atoms with Gasteiger partial charge in [-0.15, -0.1) is 0 Å². The van der Waals surface area contributed by atoms with Gasteiger partial charge in [-0.25, -0.2) is 14.6 Å².